The SMILES string of the molecule is O=C(O)C1CCN(C(=O)OCC2c3ccccc3-c3ccccc32)C(C2CC2)C1. The van der Waals surface area contributed by atoms with Gasteiger partial charge in [-0.3, -0.25) is 4.79 Å². The van der Waals surface area contributed by atoms with Crippen LogP contribution in [-0.2, 0) is 9.53 Å². The van der Waals surface area contributed by atoms with Gasteiger partial charge in [-0.15, -0.1) is 0 Å². The Morgan fingerprint density at radius 2 is 1.59 bits per heavy atom. The number of hydrogen-bond acceptors (Lipinski definition) is 3. The van der Waals surface area contributed by atoms with E-state index in [0.717, 1.165) is 12.8 Å². The summed E-state index contributed by atoms with van der Waals surface area (Å²) in [6, 6.07) is 16.6. The van der Waals surface area contributed by atoms with Gasteiger partial charge in [0.25, 0.3) is 0 Å². The smallest absolute Gasteiger partial charge is 0.410 e. The first-order valence-electron chi connectivity index (χ1n) is 10.5. The summed E-state index contributed by atoms with van der Waals surface area (Å²) in [5, 5.41) is 9.38. The number of carboxylic acids is 1. The van der Waals surface area contributed by atoms with Gasteiger partial charge >= 0.3 is 12.1 Å². The molecule has 2 fully saturated rings. The monoisotopic (exact) mass is 391 g/mol. The van der Waals surface area contributed by atoms with E-state index < -0.39 is 5.97 Å². The molecule has 1 aliphatic heterocycles. The van der Waals surface area contributed by atoms with Gasteiger partial charge in [-0.2, -0.15) is 0 Å². The summed E-state index contributed by atoms with van der Waals surface area (Å²) in [7, 11) is 0. The molecule has 5 rings (SSSR count). The van der Waals surface area contributed by atoms with Crippen molar-refractivity contribution in [2.75, 3.05) is 13.2 Å². The van der Waals surface area contributed by atoms with Crippen LogP contribution in [-0.4, -0.2) is 41.3 Å². The van der Waals surface area contributed by atoms with Gasteiger partial charge in [0.15, 0.2) is 0 Å². The van der Waals surface area contributed by atoms with E-state index in [1.807, 2.05) is 24.3 Å². The summed E-state index contributed by atoms with van der Waals surface area (Å²) in [6.07, 6.45) is 2.90. The van der Waals surface area contributed by atoms with E-state index >= 15 is 0 Å². The molecule has 5 heteroatoms. The number of carbonyl (C=O) groups excluding carboxylic acids is 1. The summed E-state index contributed by atoms with van der Waals surface area (Å²) >= 11 is 0. The van der Waals surface area contributed by atoms with Crippen LogP contribution in [0.3, 0.4) is 0 Å². The van der Waals surface area contributed by atoms with Crippen LogP contribution in [0.25, 0.3) is 11.1 Å². The summed E-state index contributed by atoms with van der Waals surface area (Å²) in [5.74, 6) is -0.624. The van der Waals surface area contributed by atoms with Crippen molar-refractivity contribution in [1.29, 1.82) is 0 Å². The first kappa shape index (κ1) is 18.2. The lowest BCUT2D eigenvalue weighted by atomic mass is 9.89. The number of rotatable bonds is 4. The Morgan fingerprint density at radius 1 is 0.966 bits per heavy atom. The quantitative estimate of drug-likeness (QED) is 0.833. The second-order valence-electron chi connectivity index (χ2n) is 8.46. The molecule has 5 nitrogen and oxygen atoms in total. The van der Waals surface area contributed by atoms with Crippen molar-refractivity contribution in [3.05, 3.63) is 59.7 Å². The predicted octanol–water partition coefficient (Wildman–Crippen LogP) is 4.51. The molecule has 2 aromatic rings. The van der Waals surface area contributed by atoms with Crippen molar-refractivity contribution >= 4 is 12.1 Å². The summed E-state index contributed by atoms with van der Waals surface area (Å²) in [5.41, 5.74) is 4.82. The molecule has 29 heavy (non-hydrogen) atoms. The topological polar surface area (TPSA) is 66.8 Å². The zero-order valence-electron chi connectivity index (χ0n) is 16.3. The van der Waals surface area contributed by atoms with Gasteiger partial charge in [0.1, 0.15) is 6.61 Å². The van der Waals surface area contributed by atoms with E-state index in [1.165, 1.54) is 22.3 Å². The maximum atomic E-state index is 13.0. The van der Waals surface area contributed by atoms with E-state index in [2.05, 4.69) is 24.3 Å². The fraction of sp³-hybridized carbons (Fsp3) is 0.417. The molecule has 150 valence electrons. The van der Waals surface area contributed by atoms with Crippen LogP contribution >= 0.6 is 0 Å². The Bertz CT molecular complexity index is 906. The van der Waals surface area contributed by atoms with Crippen molar-refractivity contribution in [3.8, 4) is 11.1 Å². The van der Waals surface area contributed by atoms with Crippen LogP contribution in [0.2, 0.25) is 0 Å². The number of aliphatic carboxylic acids is 1. The van der Waals surface area contributed by atoms with Crippen LogP contribution in [0, 0.1) is 11.8 Å². The maximum Gasteiger partial charge on any atom is 0.410 e. The Labute approximate surface area is 170 Å². The molecule has 1 saturated heterocycles. The first-order valence-corrected chi connectivity index (χ1v) is 10.5. The van der Waals surface area contributed by atoms with Gasteiger partial charge in [0, 0.05) is 18.5 Å². The van der Waals surface area contributed by atoms with Crippen LogP contribution < -0.4 is 0 Å². The van der Waals surface area contributed by atoms with Crippen LogP contribution in [0.1, 0.15) is 42.7 Å². The number of carbonyl (C=O) groups is 2. The largest absolute Gasteiger partial charge is 0.481 e. The highest BCUT2D eigenvalue weighted by Crippen LogP contribution is 2.45. The summed E-state index contributed by atoms with van der Waals surface area (Å²) in [6.45, 7) is 0.776. The molecular weight excluding hydrogens is 366 g/mol. The molecule has 1 amide bonds. The number of ether oxygens (including phenoxy) is 1. The minimum absolute atomic E-state index is 0.000463. The number of likely N-dealkylation sites (tertiary alicyclic amines) is 1. The first-order chi connectivity index (χ1) is 14.1. The van der Waals surface area contributed by atoms with E-state index in [0.29, 0.717) is 31.9 Å². The summed E-state index contributed by atoms with van der Waals surface area (Å²) < 4.78 is 5.82. The molecule has 2 unspecified atom stereocenters. The Kier molecular flexibility index (Phi) is 4.53. The third kappa shape index (κ3) is 3.28. The molecule has 0 radical (unpaired) electrons. The van der Waals surface area contributed by atoms with Gasteiger partial charge in [0.2, 0.25) is 0 Å². The molecule has 2 aliphatic carbocycles. The molecule has 1 heterocycles. The lowest BCUT2D eigenvalue weighted by Gasteiger charge is -2.38. The van der Waals surface area contributed by atoms with Gasteiger partial charge in [-0.05, 0) is 53.9 Å². The Hall–Kier alpha value is -2.82. The lowest BCUT2D eigenvalue weighted by molar-refractivity contribution is -0.144. The molecule has 2 atom stereocenters. The minimum Gasteiger partial charge on any atom is -0.481 e. The van der Waals surface area contributed by atoms with Crippen molar-refractivity contribution in [2.24, 2.45) is 11.8 Å². The van der Waals surface area contributed by atoms with E-state index in [9.17, 15) is 14.7 Å². The van der Waals surface area contributed by atoms with Crippen molar-refractivity contribution in [1.82, 2.24) is 4.90 Å². The zero-order chi connectivity index (χ0) is 20.0. The van der Waals surface area contributed by atoms with Crippen LogP contribution in [0.15, 0.2) is 48.5 Å². The maximum absolute atomic E-state index is 13.0. The van der Waals surface area contributed by atoms with E-state index in [1.54, 1.807) is 4.90 Å². The molecule has 0 bridgehead atoms. The van der Waals surface area contributed by atoms with Gasteiger partial charge in [0.05, 0.1) is 5.92 Å². The predicted molar refractivity (Wildman–Crippen MR) is 109 cm³/mol. The zero-order valence-corrected chi connectivity index (χ0v) is 16.3. The molecule has 3 aliphatic rings. The standard InChI is InChI=1S/C24H25NO4/c26-23(27)16-11-12-25(22(13-16)15-9-10-15)24(28)29-14-21-19-7-3-1-5-17(19)18-6-2-4-8-20(18)21/h1-8,15-16,21-22H,9-14H2,(H,26,27). The highest BCUT2D eigenvalue weighted by molar-refractivity contribution is 5.79. The second kappa shape index (κ2) is 7.21. The minimum atomic E-state index is -0.747. The highest BCUT2D eigenvalue weighted by atomic mass is 16.6. The second-order valence-corrected chi connectivity index (χ2v) is 8.46. The Balaban J connectivity index is 1.31. The number of benzene rings is 2. The van der Waals surface area contributed by atoms with E-state index in [-0.39, 0.29) is 24.0 Å². The highest BCUT2D eigenvalue weighted by Gasteiger charge is 2.43. The Morgan fingerprint density at radius 3 is 2.17 bits per heavy atom. The summed E-state index contributed by atoms with van der Waals surface area (Å²) in [4.78, 5) is 26.2. The molecule has 1 saturated carbocycles. The average Bonchev–Trinajstić information content (AvgIpc) is 3.55. The van der Waals surface area contributed by atoms with Crippen LogP contribution in [0.4, 0.5) is 4.79 Å². The third-order valence-corrected chi connectivity index (χ3v) is 6.73. The van der Waals surface area contributed by atoms with E-state index in [4.69, 9.17) is 4.74 Å². The number of nitrogens with zero attached hydrogens (tertiary/aromatic N) is 1. The van der Waals surface area contributed by atoms with Gasteiger partial charge < -0.3 is 14.7 Å². The average molecular weight is 391 g/mol. The number of fused-ring (bicyclic) bond motifs is 3. The molecule has 0 spiro atoms. The van der Waals surface area contributed by atoms with Gasteiger partial charge in [-0.1, -0.05) is 48.5 Å². The number of hydrogen-bond donors (Lipinski definition) is 1. The fourth-order valence-electron chi connectivity index (χ4n) is 5.05. The fourth-order valence-corrected chi connectivity index (χ4v) is 5.05. The third-order valence-electron chi connectivity index (χ3n) is 6.73. The number of carboxylic acid groups (broad SMARTS) is 1. The molecule has 2 aromatic carbocycles. The normalized spacial score (nSPS) is 23.4. The molecule has 0 aromatic heterocycles. The van der Waals surface area contributed by atoms with Crippen molar-refractivity contribution in [2.45, 2.75) is 37.6 Å². The van der Waals surface area contributed by atoms with Gasteiger partial charge in [-0.25, -0.2) is 4.79 Å². The van der Waals surface area contributed by atoms with Crippen LogP contribution in [0.5, 0.6) is 0 Å². The molecular formula is C24H25NO4. The lowest BCUT2D eigenvalue weighted by Crippen LogP contribution is -2.49. The number of piperidine rings is 1. The number of amides is 1. The van der Waals surface area contributed by atoms with Crippen molar-refractivity contribution < 1.29 is 19.4 Å². The molecule has 1 N–H and O–H groups in total. The van der Waals surface area contributed by atoms with Crippen molar-refractivity contribution in [3.63, 3.8) is 0 Å².